The molecule has 0 aliphatic carbocycles. The number of aromatic amines is 1. The molecule has 5 amide bonds. The van der Waals surface area contributed by atoms with Crippen LogP contribution in [-0.2, 0) is 60.9 Å². The van der Waals surface area contributed by atoms with E-state index < -0.39 is 77.9 Å². The summed E-state index contributed by atoms with van der Waals surface area (Å²) >= 11 is 0. The minimum atomic E-state index is -1.35. The number of aliphatic carboxylic acids is 1. The first kappa shape index (κ1) is 47.3. The number of carboxylic acids is 1. The van der Waals surface area contributed by atoms with E-state index in [0.29, 0.717) is 22.3 Å². The molecule has 15 nitrogen and oxygen atoms in total. The Morgan fingerprint density at radius 1 is 0.567 bits per heavy atom. The van der Waals surface area contributed by atoms with E-state index in [2.05, 4.69) is 26.3 Å². The predicted octanol–water partition coefficient (Wildman–Crippen LogP) is 2.99. The van der Waals surface area contributed by atoms with Gasteiger partial charge in [0.05, 0.1) is 12.1 Å². The molecular weight excluding hydrogens is 851 g/mol. The Labute approximate surface area is 388 Å². The highest BCUT2D eigenvalue weighted by Gasteiger charge is 2.42. The molecule has 1 aliphatic heterocycles. The van der Waals surface area contributed by atoms with Crippen molar-refractivity contribution < 1.29 is 39.0 Å². The van der Waals surface area contributed by atoms with Crippen LogP contribution in [0.5, 0.6) is 0 Å². The molecule has 0 saturated carbocycles. The summed E-state index contributed by atoms with van der Waals surface area (Å²) in [5.41, 5.74) is 10.7. The average Bonchev–Trinajstić information content (AvgIpc) is 3.94. The van der Waals surface area contributed by atoms with Crippen LogP contribution in [0.25, 0.3) is 10.9 Å². The normalized spacial score (nSPS) is 16.8. The van der Waals surface area contributed by atoms with E-state index in [1.807, 2.05) is 60.7 Å². The van der Waals surface area contributed by atoms with E-state index in [1.165, 1.54) is 4.90 Å². The predicted molar refractivity (Wildman–Crippen MR) is 252 cm³/mol. The lowest BCUT2D eigenvalue weighted by atomic mass is 10.00. The molecule has 67 heavy (non-hydrogen) atoms. The lowest BCUT2D eigenvalue weighted by molar-refractivity contribution is -0.142. The molecule has 1 aliphatic rings. The van der Waals surface area contributed by atoms with Crippen LogP contribution in [0.4, 0.5) is 0 Å². The number of fused-ring (bicyclic) bond motifs is 1. The highest BCUT2D eigenvalue weighted by Crippen LogP contribution is 2.22. The van der Waals surface area contributed by atoms with Gasteiger partial charge in [-0.05, 0) is 40.3 Å². The molecule has 0 bridgehead atoms. The third-order valence-corrected chi connectivity index (χ3v) is 11.9. The molecule has 1 aromatic heterocycles. The maximum absolute atomic E-state index is 14.6. The maximum Gasteiger partial charge on any atom is 0.326 e. The van der Waals surface area contributed by atoms with Gasteiger partial charge in [0.1, 0.15) is 30.2 Å². The topological polar surface area (TPSA) is 236 Å². The summed E-state index contributed by atoms with van der Waals surface area (Å²) in [5.74, 6) is -4.67. The van der Waals surface area contributed by atoms with Crippen molar-refractivity contribution in [3.05, 3.63) is 180 Å². The van der Waals surface area contributed by atoms with Gasteiger partial charge in [0.2, 0.25) is 29.5 Å². The number of aliphatic hydroxyl groups is 1. The summed E-state index contributed by atoms with van der Waals surface area (Å²) in [7, 11) is 0. The third-order valence-electron chi connectivity index (χ3n) is 11.9. The number of β-amino-alcohol motifs (C(OH)–C–C–N with tert-alkyl or cyclic N) is 1. The fourth-order valence-electron chi connectivity index (χ4n) is 8.46. The number of amides is 5. The number of hydrogen-bond donors (Lipinski definition) is 8. The number of nitrogens with zero attached hydrogens (tertiary/aromatic N) is 1. The lowest BCUT2D eigenvalue weighted by Crippen LogP contribution is -2.60. The zero-order chi connectivity index (χ0) is 47.3. The molecule has 1 saturated heterocycles. The molecule has 7 rings (SSSR count). The van der Waals surface area contributed by atoms with Crippen molar-refractivity contribution in [2.75, 3.05) is 6.54 Å². The Hall–Kier alpha value is -7.62. The van der Waals surface area contributed by atoms with Crippen LogP contribution in [0.15, 0.2) is 152 Å². The van der Waals surface area contributed by atoms with Gasteiger partial charge in [0.25, 0.3) is 0 Å². The average molecular weight is 906 g/mol. The van der Waals surface area contributed by atoms with Gasteiger partial charge in [-0.1, -0.05) is 140 Å². The van der Waals surface area contributed by atoms with Crippen molar-refractivity contribution in [2.45, 2.75) is 80.9 Å². The lowest BCUT2D eigenvalue weighted by Gasteiger charge is -2.29. The minimum absolute atomic E-state index is 0.000868. The number of carbonyl (C=O) groups is 6. The second-order valence-corrected chi connectivity index (χ2v) is 16.9. The molecule has 346 valence electrons. The van der Waals surface area contributed by atoms with E-state index in [1.54, 1.807) is 91.1 Å². The number of rotatable bonds is 20. The number of benzene rings is 5. The quantitative estimate of drug-likeness (QED) is 0.0562. The number of carbonyl (C=O) groups excluding carboxylic acids is 5. The molecule has 0 unspecified atom stereocenters. The third kappa shape index (κ3) is 12.8. The number of hydrogen-bond acceptors (Lipinski definition) is 8. The van der Waals surface area contributed by atoms with Gasteiger partial charge in [-0.3, -0.25) is 24.0 Å². The SMILES string of the molecule is N[C@@H](Cc1ccccc1)C(=O)N1C[C@H](O)C[C@@H]1C(=O)N[C@@H](Cc1ccccc1)C(=O)N[C@@H](Cc1ccccc1)C(=O)N[C@@H](Cc1ccccc1)C(=O)N[C@H](Cc1c[nH]c2ccccc12)C(=O)O. The van der Waals surface area contributed by atoms with Gasteiger partial charge >= 0.3 is 5.97 Å². The summed E-state index contributed by atoms with van der Waals surface area (Å²) in [6, 6.07) is 36.1. The van der Waals surface area contributed by atoms with E-state index in [-0.39, 0.29) is 45.1 Å². The first-order valence-electron chi connectivity index (χ1n) is 22.3. The summed E-state index contributed by atoms with van der Waals surface area (Å²) in [6.07, 6.45) is 0.769. The molecular formula is C52H55N7O8. The van der Waals surface area contributed by atoms with Crippen LogP contribution in [0.1, 0.15) is 34.2 Å². The highest BCUT2D eigenvalue weighted by atomic mass is 16.4. The molecule has 6 aromatic rings. The van der Waals surface area contributed by atoms with Gasteiger partial charge < -0.3 is 47.1 Å². The molecule has 15 heteroatoms. The summed E-state index contributed by atoms with van der Waals surface area (Å²) in [6.45, 7) is -0.123. The van der Waals surface area contributed by atoms with E-state index in [0.717, 1.165) is 16.5 Å². The minimum Gasteiger partial charge on any atom is -0.480 e. The number of carboxylic acid groups (broad SMARTS) is 1. The second kappa shape index (κ2) is 22.5. The fourth-order valence-corrected chi connectivity index (χ4v) is 8.46. The number of nitrogens with one attached hydrogen (secondary N) is 5. The van der Waals surface area contributed by atoms with Crippen molar-refractivity contribution in [2.24, 2.45) is 5.73 Å². The largest absolute Gasteiger partial charge is 0.480 e. The van der Waals surface area contributed by atoms with Gasteiger partial charge in [-0.2, -0.15) is 0 Å². The van der Waals surface area contributed by atoms with E-state index in [4.69, 9.17) is 5.73 Å². The molecule has 2 heterocycles. The standard InChI is InChI=1S/C52H55N7O8/c53-40(25-33-15-5-1-6-16-33)51(65)59-32-38(60)30-46(59)50(64)57-44(28-36-21-11-4-12-22-36)48(62)55-42(26-34-17-7-2-8-18-34)47(61)56-43(27-35-19-9-3-10-20-35)49(63)58-45(52(66)67)29-37-31-54-41-24-14-13-23-39(37)41/h1-24,31,38,40,42-46,54,60H,25-30,32,53H2,(H,55,62)(H,56,61)(H,57,64)(H,58,63)(H,66,67)/t38-,40+,42+,43+,44+,45-,46-/m1/s1. The van der Waals surface area contributed by atoms with E-state index in [9.17, 15) is 39.0 Å². The molecule has 0 radical (unpaired) electrons. The summed E-state index contributed by atoms with van der Waals surface area (Å²) in [4.78, 5) is 88.2. The number of para-hydroxylation sites is 1. The number of likely N-dealkylation sites (tertiary alicyclic amines) is 1. The Bertz CT molecular complexity index is 2630. The Kier molecular flexibility index (Phi) is 15.9. The van der Waals surface area contributed by atoms with Crippen molar-refractivity contribution in [1.29, 1.82) is 0 Å². The zero-order valence-electron chi connectivity index (χ0n) is 36.8. The van der Waals surface area contributed by atoms with Crippen LogP contribution in [0.2, 0.25) is 0 Å². The molecule has 9 N–H and O–H groups in total. The molecule has 7 atom stereocenters. The molecule has 5 aromatic carbocycles. The first-order valence-corrected chi connectivity index (χ1v) is 22.3. The highest BCUT2D eigenvalue weighted by molar-refractivity contribution is 5.97. The monoisotopic (exact) mass is 905 g/mol. The van der Waals surface area contributed by atoms with Gasteiger partial charge in [-0.25, -0.2) is 4.79 Å². The van der Waals surface area contributed by atoms with Crippen LogP contribution < -0.4 is 27.0 Å². The smallest absolute Gasteiger partial charge is 0.326 e. The van der Waals surface area contributed by atoms with Gasteiger partial charge in [-0.15, -0.1) is 0 Å². The number of aliphatic hydroxyl groups excluding tert-OH is 1. The Balaban J connectivity index is 1.12. The first-order chi connectivity index (χ1) is 32.4. The van der Waals surface area contributed by atoms with Crippen LogP contribution in [-0.4, -0.2) is 105 Å². The number of H-pyrrole nitrogens is 1. The Morgan fingerprint density at radius 2 is 0.985 bits per heavy atom. The number of aromatic nitrogens is 1. The van der Waals surface area contributed by atoms with Gasteiger partial charge in [0.15, 0.2) is 0 Å². The molecule has 1 fully saturated rings. The van der Waals surface area contributed by atoms with Crippen molar-refractivity contribution in [1.82, 2.24) is 31.2 Å². The summed E-state index contributed by atoms with van der Waals surface area (Å²) in [5, 5.41) is 32.9. The Morgan fingerprint density at radius 3 is 1.46 bits per heavy atom. The van der Waals surface area contributed by atoms with E-state index >= 15 is 0 Å². The van der Waals surface area contributed by atoms with Crippen LogP contribution in [0, 0.1) is 0 Å². The van der Waals surface area contributed by atoms with Crippen molar-refractivity contribution in [3.8, 4) is 0 Å². The fraction of sp³-hybridized carbons (Fsp3) is 0.269. The van der Waals surface area contributed by atoms with Crippen LogP contribution >= 0.6 is 0 Å². The maximum atomic E-state index is 14.6. The molecule has 0 spiro atoms. The van der Waals surface area contributed by atoms with Crippen molar-refractivity contribution >= 4 is 46.4 Å². The van der Waals surface area contributed by atoms with Crippen molar-refractivity contribution in [3.63, 3.8) is 0 Å². The van der Waals surface area contributed by atoms with Gasteiger partial charge in [0, 0.05) is 55.7 Å². The summed E-state index contributed by atoms with van der Waals surface area (Å²) < 4.78 is 0. The zero-order valence-corrected chi connectivity index (χ0v) is 36.8. The number of nitrogens with two attached hydrogens (primary N) is 1. The second-order valence-electron chi connectivity index (χ2n) is 16.9. The van der Waals surface area contributed by atoms with Crippen LogP contribution in [0.3, 0.4) is 0 Å².